The third-order valence-corrected chi connectivity index (χ3v) is 7.70. The predicted octanol–water partition coefficient (Wildman–Crippen LogP) is 3.55. The number of carbonyl (C=O) groups excluding carboxylic acids is 1. The molecule has 31 heavy (non-hydrogen) atoms. The molecule has 2 aliphatic carbocycles. The first kappa shape index (κ1) is 24.4. The molecule has 6 heteroatoms. The zero-order chi connectivity index (χ0) is 22.6. The Morgan fingerprint density at radius 2 is 1.97 bits per heavy atom. The van der Waals surface area contributed by atoms with Gasteiger partial charge in [0.1, 0.15) is 6.10 Å². The summed E-state index contributed by atoms with van der Waals surface area (Å²) in [5, 5.41) is 20.4. The lowest BCUT2D eigenvalue weighted by Crippen LogP contribution is -2.48. The molecule has 176 valence electrons. The number of rotatable bonds is 8. The van der Waals surface area contributed by atoms with Crippen LogP contribution in [0.3, 0.4) is 0 Å². The molecule has 0 amide bonds. The Morgan fingerprint density at radius 3 is 2.61 bits per heavy atom. The molecule has 0 saturated carbocycles. The molecule has 7 atom stereocenters. The molecular weight excluding hydrogens is 396 g/mol. The lowest BCUT2D eigenvalue weighted by Gasteiger charge is -2.44. The van der Waals surface area contributed by atoms with E-state index in [9.17, 15) is 15.0 Å². The summed E-state index contributed by atoms with van der Waals surface area (Å²) in [6, 6.07) is 0. The first-order valence-corrected chi connectivity index (χ1v) is 12.0. The summed E-state index contributed by atoms with van der Waals surface area (Å²) in [4.78, 5) is 13.1. The number of aliphatic hydroxyl groups excluding tert-OH is 2. The van der Waals surface area contributed by atoms with Gasteiger partial charge >= 0.3 is 5.97 Å². The average molecular weight is 437 g/mol. The number of esters is 1. The largest absolute Gasteiger partial charge is 0.459 e. The molecule has 0 aromatic rings. The van der Waals surface area contributed by atoms with Gasteiger partial charge in [-0.1, -0.05) is 39.0 Å². The van der Waals surface area contributed by atoms with E-state index in [1.165, 1.54) is 0 Å². The fourth-order valence-corrected chi connectivity index (χ4v) is 5.58. The van der Waals surface area contributed by atoms with E-state index < -0.39 is 11.7 Å². The van der Waals surface area contributed by atoms with Gasteiger partial charge in [0.05, 0.1) is 18.3 Å². The van der Waals surface area contributed by atoms with E-state index in [1.54, 1.807) is 7.11 Å². The molecule has 0 bridgehead atoms. The van der Waals surface area contributed by atoms with Crippen LogP contribution in [0.4, 0.5) is 0 Å². The number of fused-ring (bicyclic) bond motifs is 1. The molecule has 1 fully saturated rings. The monoisotopic (exact) mass is 436 g/mol. The van der Waals surface area contributed by atoms with Crippen molar-refractivity contribution in [2.45, 2.75) is 95.7 Å². The van der Waals surface area contributed by atoms with E-state index in [0.29, 0.717) is 44.6 Å². The Balaban J connectivity index is 1.77. The van der Waals surface area contributed by atoms with E-state index in [4.69, 9.17) is 14.2 Å². The normalized spacial score (nSPS) is 35.9. The predicted molar refractivity (Wildman–Crippen MR) is 118 cm³/mol. The van der Waals surface area contributed by atoms with Crippen LogP contribution in [0.25, 0.3) is 0 Å². The molecule has 0 unspecified atom stereocenters. The smallest absolute Gasteiger partial charge is 0.338 e. The van der Waals surface area contributed by atoms with Gasteiger partial charge in [0.15, 0.2) is 5.60 Å². The van der Waals surface area contributed by atoms with Crippen molar-refractivity contribution >= 4 is 5.97 Å². The summed E-state index contributed by atoms with van der Waals surface area (Å²) in [6.45, 7) is 6.68. The summed E-state index contributed by atoms with van der Waals surface area (Å²) in [7, 11) is 1.56. The molecule has 0 aromatic heterocycles. The van der Waals surface area contributed by atoms with Crippen LogP contribution in [0, 0.1) is 17.8 Å². The van der Waals surface area contributed by atoms with E-state index in [1.807, 2.05) is 19.9 Å². The van der Waals surface area contributed by atoms with Gasteiger partial charge in [-0.15, -0.1) is 0 Å². The van der Waals surface area contributed by atoms with E-state index in [2.05, 4.69) is 19.1 Å². The molecule has 1 heterocycles. The highest BCUT2D eigenvalue weighted by atomic mass is 16.6. The third-order valence-electron chi connectivity index (χ3n) is 7.70. The van der Waals surface area contributed by atoms with E-state index >= 15 is 0 Å². The molecular formula is C25H40O6. The maximum atomic E-state index is 13.1. The highest BCUT2D eigenvalue weighted by Gasteiger charge is 2.45. The van der Waals surface area contributed by atoms with Crippen molar-refractivity contribution in [3.05, 3.63) is 23.8 Å². The van der Waals surface area contributed by atoms with Gasteiger partial charge in [-0.2, -0.15) is 0 Å². The quantitative estimate of drug-likeness (QED) is 0.566. The first-order chi connectivity index (χ1) is 14.8. The van der Waals surface area contributed by atoms with Crippen molar-refractivity contribution in [1.29, 1.82) is 0 Å². The van der Waals surface area contributed by atoms with Crippen LogP contribution in [0.1, 0.15) is 65.7 Å². The SMILES string of the molecule is CCC(CC)(OC)C(=O)O[C@H]1C[C@H](O)C=C2C=C[C@H](C)[C@H](CC[C@@H]3C[C@H](O)CCO3)[C@H]21. The minimum absolute atomic E-state index is 0.0455. The highest BCUT2D eigenvalue weighted by Crippen LogP contribution is 2.44. The summed E-state index contributed by atoms with van der Waals surface area (Å²) in [5.41, 5.74) is 0.115. The van der Waals surface area contributed by atoms with Crippen molar-refractivity contribution in [2.24, 2.45) is 17.8 Å². The zero-order valence-electron chi connectivity index (χ0n) is 19.5. The highest BCUT2D eigenvalue weighted by molar-refractivity contribution is 5.79. The van der Waals surface area contributed by atoms with Crippen molar-refractivity contribution in [1.82, 2.24) is 0 Å². The van der Waals surface area contributed by atoms with E-state index in [0.717, 1.165) is 18.4 Å². The third kappa shape index (κ3) is 5.41. The van der Waals surface area contributed by atoms with Crippen LogP contribution in [0.15, 0.2) is 23.8 Å². The van der Waals surface area contributed by atoms with Gasteiger partial charge in [-0.25, -0.2) is 4.79 Å². The number of allylic oxidation sites excluding steroid dienone is 2. The van der Waals surface area contributed by atoms with Gasteiger partial charge in [-0.3, -0.25) is 0 Å². The van der Waals surface area contributed by atoms with Crippen LogP contribution in [-0.2, 0) is 19.0 Å². The fraction of sp³-hybridized carbons (Fsp3) is 0.800. The van der Waals surface area contributed by atoms with Gasteiger partial charge in [-0.05, 0) is 55.9 Å². The molecule has 2 N–H and O–H groups in total. The number of carbonyl (C=O) groups is 1. The van der Waals surface area contributed by atoms with Crippen LogP contribution >= 0.6 is 0 Å². The van der Waals surface area contributed by atoms with Crippen LogP contribution in [-0.4, -0.2) is 59.9 Å². The molecule has 3 aliphatic rings. The summed E-state index contributed by atoms with van der Waals surface area (Å²) in [5.74, 6) is 0.323. The second kappa shape index (κ2) is 10.6. The van der Waals surface area contributed by atoms with Crippen LogP contribution < -0.4 is 0 Å². The Morgan fingerprint density at radius 1 is 1.23 bits per heavy atom. The standard InChI is InChI=1S/C25H40O6/c1-5-25(6-2,29-4)24(28)31-22-15-19(27)13-17-8-7-16(3)21(23(17)22)10-9-20-14-18(26)11-12-30-20/h7-8,13,16,18-23,26-27H,5-6,9-12,14-15H2,1-4H3/t16-,18+,19+,20+,21-,22-,23-/m0/s1. The first-order valence-electron chi connectivity index (χ1n) is 12.0. The number of ether oxygens (including phenoxy) is 3. The van der Waals surface area contributed by atoms with Crippen molar-refractivity contribution in [3.8, 4) is 0 Å². The lowest BCUT2D eigenvalue weighted by atomic mass is 9.66. The fourth-order valence-electron chi connectivity index (χ4n) is 5.58. The molecule has 3 rings (SSSR count). The van der Waals surface area contributed by atoms with Gasteiger partial charge in [0.2, 0.25) is 0 Å². The topological polar surface area (TPSA) is 85.2 Å². The van der Waals surface area contributed by atoms with Gasteiger partial charge in [0.25, 0.3) is 0 Å². The Kier molecular flexibility index (Phi) is 8.36. The molecule has 1 saturated heterocycles. The van der Waals surface area contributed by atoms with Crippen LogP contribution in [0.2, 0.25) is 0 Å². The summed E-state index contributed by atoms with van der Waals surface area (Å²) in [6.07, 6.45) is 9.66. The van der Waals surface area contributed by atoms with Gasteiger partial charge in [0, 0.05) is 26.1 Å². The Labute approximate surface area is 186 Å². The number of aliphatic hydroxyl groups is 2. The van der Waals surface area contributed by atoms with Crippen molar-refractivity contribution in [2.75, 3.05) is 13.7 Å². The molecule has 0 aromatic carbocycles. The summed E-state index contributed by atoms with van der Waals surface area (Å²) < 4.78 is 17.5. The molecule has 6 nitrogen and oxygen atoms in total. The van der Waals surface area contributed by atoms with Crippen LogP contribution in [0.5, 0.6) is 0 Å². The number of methoxy groups -OCH3 is 1. The second-order valence-corrected chi connectivity index (χ2v) is 9.48. The van der Waals surface area contributed by atoms with E-state index in [-0.39, 0.29) is 36.1 Å². The maximum Gasteiger partial charge on any atom is 0.338 e. The second-order valence-electron chi connectivity index (χ2n) is 9.48. The molecule has 0 radical (unpaired) electrons. The molecule has 1 aliphatic heterocycles. The Bertz CT molecular complexity index is 659. The number of hydrogen-bond acceptors (Lipinski definition) is 6. The number of hydrogen-bond donors (Lipinski definition) is 2. The summed E-state index contributed by atoms with van der Waals surface area (Å²) >= 11 is 0. The zero-order valence-corrected chi connectivity index (χ0v) is 19.5. The van der Waals surface area contributed by atoms with Gasteiger partial charge < -0.3 is 24.4 Å². The van der Waals surface area contributed by atoms with Crippen molar-refractivity contribution < 1.29 is 29.2 Å². The Hall–Kier alpha value is -1.21. The van der Waals surface area contributed by atoms with Crippen molar-refractivity contribution in [3.63, 3.8) is 0 Å². The average Bonchev–Trinajstić information content (AvgIpc) is 2.75. The molecule has 0 spiro atoms. The maximum absolute atomic E-state index is 13.1. The lowest BCUT2D eigenvalue weighted by molar-refractivity contribution is -0.181. The minimum Gasteiger partial charge on any atom is -0.459 e. The minimum atomic E-state index is -0.941.